The molecule has 0 spiro atoms. The highest BCUT2D eigenvalue weighted by Crippen LogP contribution is 2.34. The summed E-state index contributed by atoms with van der Waals surface area (Å²) >= 11 is 0. The van der Waals surface area contributed by atoms with Crippen molar-refractivity contribution in [3.05, 3.63) is 84.1 Å². The summed E-state index contributed by atoms with van der Waals surface area (Å²) in [6.45, 7) is 0.608. The summed E-state index contributed by atoms with van der Waals surface area (Å²) in [5, 5.41) is 0. The Morgan fingerprint density at radius 1 is 1.21 bits per heavy atom. The molecule has 5 nitrogen and oxygen atoms in total. The van der Waals surface area contributed by atoms with Crippen LogP contribution in [-0.4, -0.2) is 22.5 Å². The van der Waals surface area contributed by atoms with E-state index in [1.54, 1.807) is 29.4 Å². The van der Waals surface area contributed by atoms with Crippen LogP contribution in [0.1, 0.15) is 30.2 Å². The first-order valence-electron chi connectivity index (χ1n) is 9.09. The molecule has 7 heteroatoms. The van der Waals surface area contributed by atoms with Crippen molar-refractivity contribution in [2.75, 3.05) is 11.4 Å². The molecule has 1 aliphatic heterocycles. The Balaban J connectivity index is 1.68. The average molecular weight is 383 g/mol. The van der Waals surface area contributed by atoms with Gasteiger partial charge in [-0.1, -0.05) is 0 Å². The van der Waals surface area contributed by atoms with Gasteiger partial charge in [0.25, 0.3) is 0 Å². The van der Waals surface area contributed by atoms with Crippen molar-refractivity contribution in [2.24, 2.45) is 0 Å². The van der Waals surface area contributed by atoms with Crippen LogP contribution < -0.4 is 4.90 Å². The quantitative estimate of drug-likeness (QED) is 0.643. The molecule has 1 saturated heterocycles. The van der Waals surface area contributed by atoms with Crippen molar-refractivity contribution in [1.82, 2.24) is 9.88 Å². The van der Waals surface area contributed by atoms with Crippen molar-refractivity contribution in [3.63, 3.8) is 0 Å². The van der Waals surface area contributed by atoms with E-state index >= 15 is 0 Å². The Hall–Kier alpha value is -3.22. The maximum Gasteiger partial charge on any atom is 0.325 e. The van der Waals surface area contributed by atoms with Gasteiger partial charge in [0.15, 0.2) is 0 Å². The van der Waals surface area contributed by atoms with E-state index in [4.69, 9.17) is 4.42 Å². The highest BCUT2D eigenvalue weighted by atomic mass is 19.1. The van der Waals surface area contributed by atoms with E-state index in [0.717, 1.165) is 30.5 Å². The number of hydrogen-bond acceptors (Lipinski definition) is 3. The number of rotatable bonds is 4. The lowest BCUT2D eigenvalue weighted by atomic mass is 10.1. The van der Waals surface area contributed by atoms with Crippen LogP contribution in [-0.2, 0) is 6.54 Å². The van der Waals surface area contributed by atoms with Gasteiger partial charge in [0, 0.05) is 25.0 Å². The van der Waals surface area contributed by atoms with Crippen molar-refractivity contribution in [2.45, 2.75) is 25.4 Å². The number of nitrogens with zero attached hydrogens (tertiary/aromatic N) is 3. The largest absolute Gasteiger partial charge is 0.467 e. The number of carbonyl (C=O) groups is 1. The topological polar surface area (TPSA) is 49.6 Å². The summed E-state index contributed by atoms with van der Waals surface area (Å²) in [6, 6.07) is 9.92. The molecular formula is C21H19F2N3O2. The van der Waals surface area contributed by atoms with Crippen LogP contribution in [0, 0.1) is 11.6 Å². The van der Waals surface area contributed by atoms with E-state index in [0.29, 0.717) is 12.3 Å². The minimum absolute atomic E-state index is 0.0168. The maximum atomic E-state index is 14.5. The highest BCUT2D eigenvalue weighted by molar-refractivity contribution is 5.92. The number of furan rings is 1. The average Bonchev–Trinajstić information content (AvgIpc) is 3.39. The van der Waals surface area contributed by atoms with E-state index in [2.05, 4.69) is 4.98 Å². The first-order chi connectivity index (χ1) is 13.6. The van der Waals surface area contributed by atoms with Gasteiger partial charge >= 0.3 is 6.03 Å². The van der Waals surface area contributed by atoms with Crippen LogP contribution in [0.4, 0.5) is 19.3 Å². The molecule has 4 rings (SSSR count). The van der Waals surface area contributed by atoms with E-state index in [1.165, 1.54) is 17.2 Å². The summed E-state index contributed by atoms with van der Waals surface area (Å²) in [5.41, 5.74) is 1.00. The smallest absolute Gasteiger partial charge is 0.325 e. The van der Waals surface area contributed by atoms with E-state index in [-0.39, 0.29) is 24.3 Å². The lowest BCUT2D eigenvalue weighted by Gasteiger charge is -2.32. The standard InChI is InChI=1S/C21H19F2N3O2/c22-16-5-6-20(18(23)13-16)26(14-17-3-2-12-28-17)21(27)25-11-1-4-19(25)15-7-9-24-10-8-15/h2-3,5-10,12-13,19H,1,4,11,14H2/t19-/m1/s1. The first-order valence-corrected chi connectivity index (χ1v) is 9.09. The molecule has 0 radical (unpaired) electrons. The molecule has 2 amide bonds. The summed E-state index contributed by atoms with van der Waals surface area (Å²) in [4.78, 5) is 20.5. The number of likely N-dealkylation sites (tertiary alicyclic amines) is 1. The monoisotopic (exact) mass is 383 g/mol. The number of pyridine rings is 1. The molecule has 1 aromatic carbocycles. The number of aromatic nitrogens is 1. The zero-order valence-corrected chi connectivity index (χ0v) is 15.1. The fraction of sp³-hybridized carbons (Fsp3) is 0.238. The molecule has 1 atom stereocenters. The molecule has 1 fully saturated rings. The third-order valence-corrected chi connectivity index (χ3v) is 4.91. The Bertz CT molecular complexity index is 948. The fourth-order valence-electron chi connectivity index (χ4n) is 3.60. The predicted octanol–water partition coefficient (Wildman–Crippen LogP) is 4.92. The third-order valence-electron chi connectivity index (χ3n) is 4.91. The summed E-state index contributed by atoms with van der Waals surface area (Å²) < 4.78 is 33.3. The van der Waals surface area contributed by atoms with Crippen molar-refractivity contribution >= 4 is 11.7 Å². The second-order valence-electron chi connectivity index (χ2n) is 6.68. The SMILES string of the molecule is O=C(N(Cc1ccco1)c1ccc(F)cc1F)N1CCC[C@@H]1c1ccncc1. The number of urea groups is 1. The molecule has 3 aromatic rings. The summed E-state index contributed by atoms with van der Waals surface area (Å²) in [7, 11) is 0. The number of halogens is 2. The van der Waals surface area contributed by atoms with Gasteiger partial charge in [0.2, 0.25) is 0 Å². The van der Waals surface area contributed by atoms with E-state index in [1.807, 2.05) is 12.1 Å². The zero-order chi connectivity index (χ0) is 19.5. The molecule has 144 valence electrons. The summed E-state index contributed by atoms with van der Waals surface area (Å²) in [5.74, 6) is -0.973. The van der Waals surface area contributed by atoms with E-state index < -0.39 is 11.6 Å². The molecule has 0 N–H and O–H groups in total. The van der Waals surface area contributed by atoms with Gasteiger partial charge in [-0.2, -0.15) is 0 Å². The number of amides is 2. The van der Waals surface area contributed by atoms with Gasteiger partial charge in [-0.05, 0) is 54.8 Å². The van der Waals surface area contributed by atoms with Gasteiger partial charge < -0.3 is 9.32 Å². The lowest BCUT2D eigenvalue weighted by Crippen LogP contribution is -2.43. The van der Waals surface area contributed by atoms with Crippen LogP contribution in [0.25, 0.3) is 0 Å². The summed E-state index contributed by atoms with van der Waals surface area (Å²) in [6.07, 6.45) is 6.54. The van der Waals surface area contributed by atoms with Crippen LogP contribution in [0.3, 0.4) is 0 Å². The van der Waals surface area contributed by atoms with Crippen molar-refractivity contribution < 1.29 is 18.0 Å². The number of carbonyl (C=O) groups excluding carboxylic acids is 1. The molecule has 3 heterocycles. The maximum absolute atomic E-state index is 14.5. The number of hydrogen-bond donors (Lipinski definition) is 0. The highest BCUT2D eigenvalue weighted by Gasteiger charge is 2.34. The first kappa shape index (κ1) is 18.2. The van der Waals surface area contributed by atoms with Crippen molar-refractivity contribution in [3.8, 4) is 0 Å². The van der Waals surface area contributed by atoms with Crippen LogP contribution >= 0.6 is 0 Å². The minimum atomic E-state index is -0.792. The van der Waals surface area contributed by atoms with Crippen LogP contribution in [0.15, 0.2) is 65.5 Å². The van der Waals surface area contributed by atoms with Gasteiger partial charge in [-0.25, -0.2) is 13.6 Å². The predicted molar refractivity (Wildman–Crippen MR) is 99.6 cm³/mol. The molecule has 0 aliphatic carbocycles. The van der Waals surface area contributed by atoms with Crippen LogP contribution in [0.2, 0.25) is 0 Å². The number of anilines is 1. The second kappa shape index (κ2) is 7.80. The molecule has 1 aliphatic rings. The normalized spacial score (nSPS) is 16.4. The van der Waals surface area contributed by atoms with Crippen molar-refractivity contribution in [1.29, 1.82) is 0 Å². The second-order valence-corrected chi connectivity index (χ2v) is 6.68. The molecule has 2 aromatic heterocycles. The number of benzene rings is 1. The van der Waals surface area contributed by atoms with E-state index in [9.17, 15) is 13.6 Å². The van der Waals surface area contributed by atoms with Gasteiger partial charge in [0.05, 0.1) is 24.5 Å². The fourth-order valence-corrected chi connectivity index (χ4v) is 3.60. The Morgan fingerprint density at radius 2 is 2.04 bits per heavy atom. The van der Waals surface area contributed by atoms with Gasteiger partial charge in [-0.3, -0.25) is 9.88 Å². The molecule has 0 saturated carbocycles. The Labute approximate surface area is 161 Å². The van der Waals surface area contributed by atoms with Gasteiger partial charge in [-0.15, -0.1) is 0 Å². The third kappa shape index (κ3) is 3.60. The molecule has 0 unspecified atom stereocenters. The van der Waals surface area contributed by atoms with Gasteiger partial charge in [0.1, 0.15) is 17.4 Å². The Morgan fingerprint density at radius 3 is 2.75 bits per heavy atom. The minimum Gasteiger partial charge on any atom is -0.467 e. The lowest BCUT2D eigenvalue weighted by molar-refractivity contribution is 0.198. The Kier molecular flexibility index (Phi) is 5.06. The zero-order valence-electron chi connectivity index (χ0n) is 15.1. The molecule has 28 heavy (non-hydrogen) atoms. The molecule has 0 bridgehead atoms. The molecular weight excluding hydrogens is 364 g/mol. The van der Waals surface area contributed by atoms with Crippen LogP contribution in [0.5, 0.6) is 0 Å².